The van der Waals surface area contributed by atoms with E-state index in [1.807, 2.05) is 24.3 Å². The maximum Gasteiger partial charge on any atom is 0.120 e. The van der Waals surface area contributed by atoms with Gasteiger partial charge in [-0.2, -0.15) is 0 Å². The summed E-state index contributed by atoms with van der Waals surface area (Å²) in [6, 6.07) is 7.45. The van der Waals surface area contributed by atoms with Crippen LogP contribution < -0.4 is 4.74 Å². The van der Waals surface area contributed by atoms with Crippen LogP contribution in [-0.2, 0) is 0 Å². The molecule has 3 heteroatoms. The second-order valence-electron chi connectivity index (χ2n) is 3.03. The first-order valence-electron chi connectivity index (χ1n) is 4.16. The molecule has 0 heterocycles. The summed E-state index contributed by atoms with van der Waals surface area (Å²) in [5, 5.41) is 1.66. The van der Waals surface area contributed by atoms with Gasteiger partial charge in [-0.05, 0) is 24.1 Å². The zero-order valence-electron chi connectivity index (χ0n) is 7.47. The molecule has 1 unspecified atom stereocenters. The molecule has 0 aliphatic carbocycles. The Hall–Kier alpha value is -0.210. The lowest BCUT2D eigenvalue weighted by molar-refractivity contribution is 0.274. The largest absolute Gasteiger partial charge is 0.493 e. The van der Waals surface area contributed by atoms with Crippen molar-refractivity contribution in [3.63, 3.8) is 0 Å². The maximum absolute atomic E-state index is 5.80. The van der Waals surface area contributed by atoms with Crippen molar-refractivity contribution in [1.29, 1.82) is 0 Å². The van der Waals surface area contributed by atoms with E-state index in [2.05, 4.69) is 22.9 Å². The van der Waals surface area contributed by atoms with E-state index >= 15 is 0 Å². The van der Waals surface area contributed by atoms with Gasteiger partial charge in [0.15, 0.2) is 0 Å². The van der Waals surface area contributed by atoms with Gasteiger partial charge in [0.05, 0.1) is 6.61 Å². The number of hydrogen-bond acceptors (Lipinski definition) is 1. The first-order chi connectivity index (χ1) is 6.22. The van der Waals surface area contributed by atoms with Gasteiger partial charge >= 0.3 is 0 Å². The molecule has 0 amide bonds. The van der Waals surface area contributed by atoms with Crippen molar-refractivity contribution in [2.24, 2.45) is 5.92 Å². The van der Waals surface area contributed by atoms with Gasteiger partial charge in [-0.3, -0.25) is 0 Å². The van der Waals surface area contributed by atoms with Crippen LogP contribution in [0.1, 0.15) is 6.92 Å². The van der Waals surface area contributed by atoms with E-state index in [0.717, 1.165) is 11.1 Å². The highest BCUT2D eigenvalue weighted by atomic mass is 79.9. The summed E-state index contributed by atoms with van der Waals surface area (Å²) in [6.45, 7) is 2.84. The van der Waals surface area contributed by atoms with Crippen LogP contribution in [0.15, 0.2) is 24.3 Å². The molecule has 0 aliphatic heterocycles. The van der Waals surface area contributed by atoms with E-state index in [0.29, 0.717) is 17.5 Å². The number of rotatable bonds is 4. The van der Waals surface area contributed by atoms with Crippen LogP contribution in [0.25, 0.3) is 0 Å². The highest BCUT2D eigenvalue weighted by Crippen LogP contribution is 2.17. The topological polar surface area (TPSA) is 9.23 Å². The SMILES string of the molecule is CC(CBr)COc1cccc(Cl)c1. The number of halogens is 2. The van der Waals surface area contributed by atoms with E-state index < -0.39 is 0 Å². The Morgan fingerprint density at radius 2 is 2.31 bits per heavy atom. The predicted octanol–water partition coefficient (Wildman–Crippen LogP) is 3.75. The molecule has 0 aliphatic rings. The Morgan fingerprint density at radius 1 is 1.54 bits per heavy atom. The van der Waals surface area contributed by atoms with Crippen molar-refractivity contribution in [3.05, 3.63) is 29.3 Å². The van der Waals surface area contributed by atoms with Crippen LogP contribution in [-0.4, -0.2) is 11.9 Å². The Morgan fingerprint density at radius 3 is 2.92 bits per heavy atom. The number of alkyl halides is 1. The van der Waals surface area contributed by atoms with Crippen molar-refractivity contribution in [2.75, 3.05) is 11.9 Å². The standard InChI is InChI=1S/C10H12BrClO/c1-8(6-11)7-13-10-4-2-3-9(12)5-10/h2-5,8H,6-7H2,1H3. The molecule has 1 atom stereocenters. The van der Waals surface area contributed by atoms with Gasteiger partial charge in [0.25, 0.3) is 0 Å². The average Bonchev–Trinajstić information content (AvgIpc) is 2.14. The third-order valence-corrected chi connectivity index (χ3v) is 2.93. The molecule has 1 aromatic carbocycles. The molecule has 0 saturated carbocycles. The summed E-state index contributed by atoms with van der Waals surface area (Å²) in [5.74, 6) is 1.35. The average molecular weight is 264 g/mol. The predicted molar refractivity (Wildman–Crippen MR) is 59.9 cm³/mol. The molecule has 72 valence electrons. The summed E-state index contributed by atoms with van der Waals surface area (Å²) >= 11 is 9.20. The van der Waals surface area contributed by atoms with Crippen LogP contribution in [0.2, 0.25) is 5.02 Å². The van der Waals surface area contributed by atoms with E-state index in [4.69, 9.17) is 16.3 Å². The van der Waals surface area contributed by atoms with E-state index in [1.54, 1.807) is 0 Å². The molecule has 1 rings (SSSR count). The fourth-order valence-electron chi connectivity index (χ4n) is 0.840. The van der Waals surface area contributed by atoms with Crippen molar-refractivity contribution >= 4 is 27.5 Å². The zero-order chi connectivity index (χ0) is 9.68. The lowest BCUT2D eigenvalue weighted by Crippen LogP contribution is -2.09. The highest BCUT2D eigenvalue weighted by Gasteiger charge is 2.00. The molecule has 0 radical (unpaired) electrons. The van der Waals surface area contributed by atoms with Crippen LogP contribution in [0.3, 0.4) is 0 Å². The maximum atomic E-state index is 5.80. The van der Waals surface area contributed by atoms with Gasteiger partial charge in [0.2, 0.25) is 0 Å². The van der Waals surface area contributed by atoms with E-state index in [1.165, 1.54) is 0 Å². The monoisotopic (exact) mass is 262 g/mol. The fraction of sp³-hybridized carbons (Fsp3) is 0.400. The molecule has 13 heavy (non-hydrogen) atoms. The highest BCUT2D eigenvalue weighted by molar-refractivity contribution is 9.09. The van der Waals surface area contributed by atoms with Crippen molar-refractivity contribution < 1.29 is 4.74 Å². The lowest BCUT2D eigenvalue weighted by Gasteiger charge is -2.10. The van der Waals surface area contributed by atoms with Gasteiger partial charge < -0.3 is 4.74 Å². The minimum atomic E-state index is 0.513. The Balaban J connectivity index is 2.45. The lowest BCUT2D eigenvalue weighted by atomic mass is 10.2. The van der Waals surface area contributed by atoms with Crippen LogP contribution >= 0.6 is 27.5 Å². The normalized spacial score (nSPS) is 12.5. The molecule has 0 bridgehead atoms. The van der Waals surface area contributed by atoms with E-state index in [9.17, 15) is 0 Å². The fourth-order valence-corrected chi connectivity index (χ4v) is 1.21. The quantitative estimate of drug-likeness (QED) is 0.752. The minimum absolute atomic E-state index is 0.513. The van der Waals surface area contributed by atoms with Gasteiger partial charge in [-0.15, -0.1) is 0 Å². The summed E-state index contributed by atoms with van der Waals surface area (Å²) in [7, 11) is 0. The molecular weight excluding hydrogens is 251 g/mol. The summed E-state index contributed by atoms with van der Waals surface area (Å²) in [6.07, 6.45) is 0. The van der Waals surface area contributed by atoms with Gasteiger partial charge in [0, 0.05) is 10.4 Å². The molecule has 1 nitrogen and oxygen atoms in total. The molecule has 0 aromatic heterocycles. The number of hydrogen-bond donors (Lipinski definition) is 0. The van der Waals surface area contributed by atoms with Gasteiger partial charge in [0.1, 0.15) is 5.75 Å². The van der Waals surface area contributed by atoms with Crippen molar-refractivity contribution in [2.45, 2.75) is 6.92 Å². The first kappa shape index (κ1) is 10.9. The number of ether oxygens (including phenoxy) is 1. The van der Waals surface area contributed by atoms with Crippen LogP contribution in [0.5, 0.6) is 5.75 Å². The van der Waals surface area contributed by atoms with Crippen LogP contribution in [0, 0.1) is 5.92 Å². The molecule has 1 aromatic rings. The summed E-state index contributed by atoms with van der Waals surface area (Å²) in [4.78, 5) is 0. The Labute approximate surface area is 92.2 Å². The van der Waals surface area contributed by atoms with Crippen molar-refractivity contribution in [3.8, 4) is 5.75 Å². The second kappa shape index (κ2) is 5.51. The third kappa shape index (κ3) is 4.01. The van der Waals surface area contributed by atoms with E-state index in [-0.39, 0.29) is 0 Å². The smallest absolute Gasteiger partial charge is 0.120 e. The molecule has 0 saturated heterocycles. The Kier molecular flexibility index (Phi) is 4.60. The molecule has 0 spiro atoms. The summed E-state index contributed by atoms with van der Waals surface area (Å²) < 4.78 is 5.53. The number of benzene rings is 1. The van der Waals surface area contributed by atoms with Gasteiger partial charge in [-0.1, -0.05) is 40.5 Å². The first-order valence-corrected chi connectivity index (χ1v) is 5.66. The van der Waals surface area contributed by atoms with Crippen LogP contribution in [0.4, 0.5) is 0 Å². The summed E-state index contributed by atoms with van der Waals surface area (Å²) in [5.41, 5.74) is 0. The third-order valence-electron chi connectivity index (χ3n) is 1.59. The molecular formula is C10H12BrClO. The Bertz CT molecular complexity index is 265. The van der Waals surface area contributed by atoms with Crippen molar-refractivity contribution in [1.82, 2.24) is 0 Å². The molecule has 0 fully saturated rings. The van der Waals surface area contributed by atoms with Gasteiger partial charge in [-0.25, -0.2) is 0 Å². The minimum Gasteiger partial charge on any atom is -0.493 e. The zero-order valence-corrected chi connectivity index (χ0v) is 9.81. The molecule has 0 N–H and O–H groups in total. The second-order valence-corrected chi connectivity index (χ2v) is 4.11.